The van der Waals surface area contributed by atoms with Crippen LogP contribution in [-0.2, 0) is 12.8 Å². The van der Waals surface area contributed by atoms with Gasteiger partial charge in [-0.3, -0.25) is 4.79 Å². The number of aryl methyl sites for hydroxylation is 2. The first-order valence-corrected chi connectivity index (χ1v) is 8.70. The second-order valence-corrected chi connectivity index (χ2v) is 7.78. The first kappa shape index (κ1) is 12.8. The summed E-state index contributed by atoms with van der Waals surface area (Å²) in [5.74, 6) is 1.44. The lowest BCUT2D eigenvalue weighted by molar-refractivity contribution is 0.0788. The SMILES string of the molecule is NC1CCCC2CN(C(=O)c3cc4c(s3)CCC4)CC12. The Morgan fingerprint density at radius 1 is 1.25 bits per heavy atom. The van der Waals surface area contributed by atoms with Crippen LogP contribution in [0, 0.1) is 11.8 Å². The summed E-state index contributed by atoms with van der Waals surface area (Å²) in [6.45, 7) is 1.81. The van der Waals surface area contributed by atoms with E-state index in [1.807, 2.05) is 0 Å². The highest BCUT2D eigenvalue weighted by atomic mass is 32.1. The van der Waals surface area contributed by atoms with Crippen LogP contribution in [-0.4, -0.2) is 29.9 Å². The molecule has 4 heteroatoms. The van der Waals surface area contributed by atoms with Crippen LogP contribution in [0.25, 0.3) is 0 Å². The number of rotatable bonds is 1. The van der Waals surface area contributed by atoms with Crippen LogP contribution in [0.15, 0.2) is 6.07 Å². The molecule has 1 amide bonds. The van der Waals surface area contributed by atoms with Crippen molar-refractivity contribution in [2.75, 3.05) is 13.1 Å². The maximum absolute atomic E-state index is 12.7. The molecule has 0 bridgehead atoms. The first-order chi connectivity index (χ1) is 9.72. The molecule has 0 aromatic carbocycles. The molecule has 1 aromatic heterocycles. The molecule has 4 rings (SSSR count). The molecular weight excluding hydrogens is 268 g/mol. The van der Waals surface area contributed by atoms with Crippen molar-refractivity contribution in [3.63, 3.8) is 0 Å². The first-order valence-electron chi connectivity index (χ1n) is 7.89. The van der Waals surface area contributed by atoms with Crippen molar-refractivity contribution in [2.45, 2.75) is 44.6 Å². The third-order valence-corrected chi connectivity index (χ3v) is 6.62. The minimum absolute atomic E-state index is 0.256. The van der Waals surface area contributed by atoms with Crippen molar-refractivity contribution < 1.29 is 4.79 Å². The van der Waals surface area contributed by atoms with Gasteiger partial charge in [0.1, 0.15) is 0 Å². The minimum Gasteiger partial charge on any atom is -0.337 e. The van der Waals surface area contributed by atoms with Gasteiger partial charge in [0.25, 0.3) is 5.91 Å². The molecule has 2 fully saturated rings. The van der Waals surface area contributed by atoms with Gasteiger partial charge in [-0.15, -0.1) is 11.3 Å². The maximum Gasteiger partial charge on any atom is 0.263 e. The Kier molecular flexibility index (Phi) is 3.11. The van der Waals surface area contributed by atoms with E-state index in [1.165, 1.54) is 36.1 Å². The molecular formula is C16H22N2OS. The Labute approximate surface area is 124 Å². The van der Waals surface area contributed by atoms with Gasteiger partial charge in [-0.2, -0.15) is 0 Å². The van der Waals surface area contributed by atoms with Crippen LogP contribution in [0.4, 0.5) is 0 Å². The fraction of sp³-hybridized carbons (Fsp3) is 0.688. The summed E-state index contributed by atoms with van der Waals surface area (Å²) in [5.41, 5.74) is 7.67. The molecule has 3 nitrogen and oxygen atoms in total. The highest BCUT2D eigenvalue weighted by Crippen LogP contribution is 2.37. The summed E-state index contributed by atoms with van der Waals surface area (Å²) in [6, 6.07) is 2.46. The number of thiophene rings is 1. The van der Waals surface area contributed by atoms with Crippen molar-refractivity contribution in [2.24, 2.45) is 17.6 Å². The molecule has 3 aliphatic rings. The lowest BCUT2D eigenvalue weighted by Crippen LogP contribution is -2.38. The van der Waals surface area contributed by atoms with E-state index in [1.54, 1.807) is 11.3 Å². The molecule has 3 atom stereocenters. The molecule has 1 saturated carbocycles. The van der Waals surface area contributed by atoms with Crippen molar-refractivity contribution in [1.29, 1.82) is 0 Å². The van der Waals surface area contributed by atoms with Crippen molar-refractivity contribution in [3.8, 4) is 0 Å². The van der Waals surface area contributed by atoms with Crippen molar-refractivity contribution >= 4 is 17.2 Å². The fourth-order valence-electron chi connectivity index (χ4n) is 4.27. The topological polar surface area (TPSA) is 46.3 Å². The van der Waals surface area contributed by atoms with Gasteiger partial charge in [-0.05, 0) is 55.6 Å². The second-order valence-electron chi connectivity index (χ2n) is 6.64. The molecule has 0 spiro atoms. The van der Waals surface area contributed by atoms with E-state index < -0.39 is 0 Å². The van der Waals surface area contributed by atoms with Gasteiger partial charge in [0.2, 0.25) is 0 Å². The smallest absolute Gasteiger partial charge is 0.263 e. The summed E-state index contributed by atoms with van der Waals surface area (Å²) >= 11 is 1.73. The van der Waals surface area contributed by atoms with Crippen LogP contribution in [0.1, 0.15) is 45.8 Å². The van der Waals surface area contributed by atoms with Crippen LogP contribution in [0.2, 0.25) is 0 Å². The van der Waals surface area contributed by atoms with Crippen LogP contribution < -0.4 is 5.73 Å². The zero-order chi connectivity index (χ0) is 13.7. The van der Waals surface area contributed by atoms with E-state index in [9.17, 15) is 4.79 Å². The molecule has 3 unspecified atom stereocenters. The van der Waals surface area contributed by atoms with E-state index in [0.717, 1.165) is 30.8 Å². The molecule has 0 radical (unpaired) electrons. The maximum atomic E-state index is 12.7. The van der Waals surface area contributed by atoms with Gasteiger partial charge >= 0.3 is 0 Å². The Balaban J connectivity index is 1.51. The minimum atomic E-state index is 0.256. The third kappa shape index (κ3) is 2.01. The zero-order valence-corrected chi connectivity index (χ0v) is 12.6. The molecule has 1 saturated heterocycles. The monoisotopic (exact) mass is 290 g/mol. The number of hydrogen-bond acceptors (Lipinski definition) is 3. The molecule has 2 N–H and O–H groups in total. The summed E-state index contributed by atoms with van der Waals surface area (Å²) < 4.78 is 0. The third-order valence-electron chi connectivity index (χ3n) is 5.40. The number of fused-ring (bicyclic) bond motifs is 2. The second kappa shape index (κ2) is 4.85. The molecule has 108 valence electrons. The summed E-state index contributed by atoms with van der Waals surface area (Å²) in [4.78, 5) is 17.2. The lowest BCUT2D eigenvalue weighted by Gasteiger charge is -2.29. The predicted octanol–water partition coefficient (Wildman–Crippen LogP) is 2.44. The summed E-state index contributed by atoms with van der Waals surface area (Å²) in [7, 11) is 0. The molecule has 2 heterocycles. The lowest BCUT2D eigenvalue weighted by atomic mass is 9.78. The van der Waals surface area contributed by atoms with Gasteiger partial charge in [0.15, 0.2) is 0 Å². The molecule has 1 aromatic rings. The van der Waals surface area contributed by atoms with Crippen LogP contribution >= 0.6 is 11.3 Å². The normalized spacial score (nSPS) is 32.2. The highest BCUT2D eigenvalue weighted by molar-refractivity contribution is 7.14. The van der Waals surface area contributed by atoms with Crippen LogP contribution in [0.3, 0.4) is 0 Å². The van der Waals surface area contributed by atoms with Gasteiger partial charge in [-0.1, -0.05) is 6.42 Å². The van der Waals surface area contributed by atoms with Crippen molar-refractivity contribution in [1.82, 2.24) is 4.90 Å². The Morgan fingerprint density at radius 3 is 2.95 bits per heavy atom. The van der Waals surface area contributed by atoms with Crippen molar-refractivity contribution in [3.05, 3.63) is 21.4 Å². The Morgan fingerprint density at radius 2 is 2.15 bits per heavy atom. The van der Waals surface area contributed by atoms with Gasteiger partial charge in [0, 0.05) is 24.0 Å². The van der Waals surface area contributed by atoms with Gasteiger partial charge in [-0.25, -0.2) is 0 Å². The Bertz CT molecular complexity index is 517. The van der Waals surface area contributed by atoms with Gasteiger partial charge in [0.05, 0.1) is 4.88 Å². The number of nitrogens with two attached hydrogens (primary N) is 1. The quantitative estimate of drug-likeness (QED) is 0.863. The van der Waals surface area contributed by atoms with E-state index >= 15 is 0 Å². The summed E-state index contributed by atoms with van der Waals surface area (Å²) in [5, 5.41) is 0. The standard InChI is InChI=1S/C16H22N2OS/c17-13-5-1-4-11-8-18(9-12(11)13)16(19)15-7-10-3-2-6-14(10)20-15/h7,11-13H,1-6,8-9,17H2. The molecule has 2 aliphatic carbocycles. The number of likely N-dealkylation sites (tertiary alicyclic amines) is 1. The number of hydrogen-bond donors (Lipinski definition) is 1. The Hall–Kier alpha value is -0.870. The van der Waals surface area contributed by atoms with Gasteiger partial charge < -0.3 is 10.6 Å². The predicted molar refractivity (Wildman–Crippen MR) is 81.1 cm³/mol. The molecule has 20 heavy (non-hydrogen) atoms. The average Bonchev–Trinajstić information content (AvgIpc) is 3.11. The van der Waals surface area contributed by atoms with E-state index in [-0.39, 0.29) is 5.91 Å². The largest absolute Gasteiger partial charge is 0.337 e. The average molecular weight is 290 g/mol. The van der Waals surface area contributed by atoms with E-state index in [4.69, 9.17) is 5.73 Å². The zero-order valence-electron chi connectivity index (χ0n) is 11.8. The molecule has 1 aliphatic heterocycles. The highest BCUT2D eigenvalue weighted by Gasteiger charge is 2.40. The number of nitrogens with zero attached hydrogens (tertiary/aromatic N) is 1. The fourth-order valence-corrected chi connectivity index (χ4v) is 5.49. The van der Waals surface area contributed by atoms with Crippen LogP contribution in [0.5, 0.6) is 0 Å². The number of carbonyl (C=O) groups excluding carboxylic acids is 1. The number of carbonyl (C=O) groups is 1. The number of amides is 1. The van der Waals surface area contributed by atoms with E-state index in [0.29, 0.717) is 17.9 Å². The van der Waals surface area contributed by atoms with E-state index in [2.05, 4.69) is 11.0 Å². The summed E-state index contributed by atoms with van der Waals surface area (Å²) in [6.07, 6.45) is 7.22.